The molecule has 1 unspecified atom stereocenters. The first-order valence-electron chi connectivity index (χ1n) is 5.95. The zero-order valence-electron chi connectivity index (χ0n) is 10.8. The van der Waals surface area contributed by atoms with Crippen LogP contribution in [0.2, 0.25) is 0 Å². The summed E-state index contributed by atoms with van der Waals surface area (Å²) in [4.78, 5) is 25.3. The summed E-state index contributed by atoms with van der Waals surface area (Å²) in [5.74, 6) is -0.448. The predicted octanol–water partition coefficient (Wildman–Crippen LogP) is 1.25. The van der Waals surface area contributed by atoms with E-state index in [2.05, 4.69) is 0 Å². The molecule has 1 amide bonds. The highest BCUT2D eigenvalue weighted by atomic mass is 16.3. The summed E-state index contributed by atoms with van der Waals surface area (Å²) in [6.07, 6.45) is 0. The molecule has 1 aromatic heterocycles. The number of carbonyl (C=O) groups excluding carboxylic acids is 1. The number of benzene rings is 1. The van der Waals surface area contributed by atoms with Crippen molar-refractivity contribution in [2.75, 3.05) is 13.7 Å². The maximum absolute atomic E-state index is 12.1. The van der Waals surface area contributed by atoms with Crippen LogP contribution in [0.25, 0.3) is 11.0 Å². The molecule has 0 aliphatic rings. The van der Waals surface area contributed by atoms with Crippen LogP contribution >= 0.6 is 0 Å². The molecule has 19 heavy (non-hydrogen) atoms. The van der Waals surface area contributed by atoms with E-state index in [4.69, 9.17) is 9.52 Å². The molecule has 1 N–H and O–H groups in total. The summed E-state index contributed by atoms with van der Waals surface area (Å²) in [5.41, 5.74) is 0.124. The Hall–Kier alpha value is -2.14. The lowest BCUT2D eigenvalue weighted by Crippen LogP contribution is -2.37. The fraction of sp³-hybridized carbons (Fsp3) is 0.286. The highest BCUT2D eigenvalue weighted by Crippen LogP contribution is 2.13. The van der Waals surface area contributed by atoms with Gasteiger partial charge >= 0.3 is 0 Å². The number of aliphatic hydroxyl groups excluding tert-OH is 1. The van der Waals surface area contributed by atoms with Crippen LogP contribution in [0.1, 0.15) is 17.5 Å². The number of carbonyl (C=O) groups is 1. The molecule has 2 rings (SSSR count). The quantitative estimate of drug-likeness (QED) is 0.902. The number of aliphatic hydroxyl groups is 1. The first-order chi connectivity index (χ1) is 9.04. The third-order valence-corrected chi connectivity index (χ3v) is 3.09. The highest BCUT2D eigenvalue weighted by Gasteiger charge is 2.20. The molecule has 0 saturated carbocycles. The van der Waals surface area contributed by atoms with Gasteiger partial charge in [0.15, 0.2) is 11.2 Å². The van der Waals surface area contributed by atoms with Crippen molar-refractivity contribution in [1.82, 2.24) is 4.90 Å². The molecule has 0 spiro atoms. The van der Waals surface area contributed by atoms with Gasteiger partial charge in [0.1, 0.15) is 5.58 Å². The van der Waals surface area contributed by atoms with Crippen molar-refractivity contribution >= 4 is 16.9 Å². The molecule has 5 heteroatoms. The predicted molar refractivity (Wildman–Crippen MR) is 71.1 cm³/mol. The Morgan fingerprint density at radius 2 is 2.11 bits per heavy atom. The number of fused-ring (bicyclic) bond motifs is 1. The summed E-state index contributed by atoms with van der Waals surface area (Å²) in [7, 11) is 1.55. The van der Waals surface area contributed by atoms with Gasteiger partial charge in [-0.05, 0) is 19.1 Å². The van der Waals surface area contributed by atoms with E-state index in [1.165, 1.54) is 11.0 Å². The zero-order chi connectivity index (χ0) is 14.0. The van der Waals surface area contributed by atoms with E-state index in [0.29, 0.717) is 11.0 Å². The second-order valence-corrected chi connectivity index (χ2v) is 4.42. The van der Waals surface area contributed by atoms with Crippen molar-refractivity contribution in [3.8, 4) is 0 Å². The van der Waals surface area contributed by atoms with Crippen molar-refractivity contribution in [1.29, 1.82) is 0 Å². The lowest BCUT2D eigenvalue weighted by Gasteiger charge is -2.22. The van der Waals surface area contributed by atoms with E-state index < -0.39 is 5.91 Å². The molecular weight excluding hydrogens is 246 g/mol. The van der Waals surface area contributed by atoms with E-state index >= 15 is 0 Å². The van der Waals surface area contributed by atoms with Gasteiger partial charge in [0, 0.05) is 13.1 Å². The highest BCUT2D eigenvalue weighted by molar-refractivity contribution is 5.93. The van der Waals surface area contributed by atoms with E-state index in [1.54, 1.807) is 38.2 Å². The molecule has 0 fully saturated rings. The largest absolute Gasteiger partial charge is 0.451 e. The van der Waals surface area contributed by atoms with Crippen molar-refractivity contribution in [3.05, 3.63) is 46.3 Å². The Kier molecular flexibility index (Phi) is 3.66. The first kappa shape index (κ1) is 13.3. The lowest BCUT2D eigenvalue weighted by atomic mass is 10.2. The number of nitrogens with zero attached hydrogens (tertiary/aromatic N) is 1. The number of hydrogen-bond acceptors (Lipinski definition) is 4. The summed E-state index contributed by atoms with van der Waals surface area (Å²) >= 11 is 0. The smallest absolute Gasteiger partial charge is 0.289 e. The van der Waals surface area contributed by atoms with Crippen LogP contribution in [-0.4, -0.2) is 35.6 Å². The Labute approximate surface area is 110 Å². The van der Waals surface area contributed by atoms with Gasteiger partial charge in [-0.1, -0.05) is 12.1 Å². The molecule has 0 saturated heterocycles. The van der Waals surface area contributed by atoms with Gasteiger partial charge in [-0.2, -0.15) is 0 Å². The maximum Gasteiger partial charge on any atom is 0.289 e. The Balaban J connectivity index is 2.46. The van der Waals surface area contributed by atoms with Crippen molar-refractivity contribution in [3.63, 3.8) is 0 Å². The number of amides is 1. The third kappa shape index (κ3) is 2.51. The van der Waals surface area contributed by atoms with E-state index in [1.807, 2.05) is 0 Å². The molecule has 1 heterocycles. The van der Waals surface area contributed by atoms with Gasteiger partial charge in [0.2, 0.25) is 0 Å². The number of hydrogen-bond donors (Lipinski definition) is 1. The summed E-state index contributed by atoms with van der Waals surface area (Å²) < 4.78 is 5.45. The molecular formula is C14H15NO4. The molecule has 5 nitrogen and oxygen atoms in total. The Morgan fingerprint density at radius 3 is 2.79 bits per heavy atom. The summed E-state index contributed by atoms with van der Waals surface area (Å²) in [5, 5.41) is 9.48. The van der Waals surface area contributed by atoms with Crippen molar-refractivity contribution < 1.29 is 14.3 Å². The molecule has 100 valence electrons. The van der Waals surface area contributed by atoms with Gasteiger partial charge in [-0.15, -0.1) is 0 Å². The summed E-state index contributed by atoms with van der Waals surface area (Å²) in [6.45, 7) is 1.55. The van der Waals surface area contributed by atoms with Crippen LogP contribution in [0.5, 0.6) is 0 Å². The van der Waals surface area contributed by atoms with E-state index in [-0.39, 0.29) is 23.8 Å². The monoisotopic (exact) mass is 261 g/mol. The first-order valence-corrected chi connectivity index (χ1v) is 5.95. The Morgan fingerprint density at radius 1 is 1.42 bits per heavy atom. The van der Waals surface area contributed by atoms with E-state index in [0.717, 1.165) is 0 Å². The topological polar surface area (TPSA) is 70.8 Å². The standard InChI is InChI=1S/C14H15NO4/c1-9(8-16)15(2)14(18)13-7-11(17)10-5-3-4-6-12(10)19-13/h3-7,9,16H,8H2,1-2H3. The van der Waals surface area contributed by atoms with Crippen LogP contribution in [-0.2, 0) is 0 Å². The minimum Gasteiger partial charge on any atom is -0.451 e. The molecule has 0 bridgehead atoms. The molecule has 1 aromatic carbocycles. The number of likely N-dealkylation sites (N-methyl/N-ethyl adjacent to an activating group) is 1. The van der Waals surface area contributed by atoms with Gasteiger partial charge in [0.05, 0.1) is 18.0 Å². The lowest BCUT2D eigenvalue weighted by molar-refractivity contribution is 0.0651. The molecule has 1 atom stereocenters. The van der Waals surface area contributed by atoms with Gasteiger partial charge in [0.25, 0.3) is 5.91 Å². The van der Waals surface area contributed by atoms with Crippen molar-refractivity contribution in [2.45, 2.75) is 13.0 Å². The molecule has 2 aromatic rings. The SMILES string of the molecule is CC(CO)N(C)C(=O)c1cc(=O)c2ccccc2o1. The fourth-order valence-electron chi connectivity index (χ4n) is 1.71. The van der Waals surface area contributed by atoms with Crippen LogP contribution in [0.15, 0.2) is 39.5 Å². The second-order valence-electron chi connectivity index (χ2n) is 4.42. The van der Waals surface area contributed by atoms with Crippen LogP contribution in [0.4, 0.5) is 0 Å². The third-order valence-electron chi connectivity index (χ3n) is 3.09. The van der Waals surface area contributed by atoms with Gasteiger partial charge in [-0.3, -0.25) is 9.59 Å². The van der Waals surface area contributed by atoms with Crippen molar-refractivity contribution in [2.24, 2.45) is 0 Å². The Bertz CT molecular complexity index is 662. The zero-order valence-corrected chi connectivity index (χ0v) is 10.8. The maximum atomic E-state index is 12.1. The van der Waals surface area contributed by atoms with E-state index in [9.17, 15) is 9.59 Å². The molecule has 0 aliphatic carbocycles. The average molecular weight is 261 g/mol. The number of rotatable bonds is 3. The minimum absolute atomic E-state index is 0.0218. The van der Waals surface area contributed by atoms with Crippen LogP contribution in [0, 0.1) is 0 Å². The fourth-order valence-corrected chi connectivity index (χ4v) is 1.71. The van der Waals surface area contributed by atoms with Gasteiger partial charge < -0.3 is 14.4 Å². The second kappa shape index (κ2) is 5.24. The van der Waals surface area contributed by atoms with Gasteiger partial charge in [-0.25, -0.2) is 0 Å². The number of para-hydroxylation sites is 1. The summed E-state index contributed by atoms with van der Waals surface area (Å²) in [6, 6.07) is 7.61. The molecule has 0 radical (unpaired) electrons. The normalized spacial score (nSPS) is 12.4. The molecule has 0 aliphatic heterocycles. The van der Waals surface area contributed by atoms with Crippen LogP contribution < -0.4 is 5.43 Å². The van der Waals surface area contributed by atoms with Crippen LogP contribution in [0.3, 0.4) is 0 Å². The average Bonchev–Trinajstić information content (AvgIpc) is 2.44. The minimum atomic E-state index is -0.426.